The van der Waals surface area contributed by atoms with Gasteiger partial charge in [-0.1, -0.05) is 182 Å². The lowest BCUT2D eigenvalue weighted by atomic mass is 9.74. The lowest BCUT2D eigenvalue weighted by Gasteiger charge is -2.28. The summed E-state index contributed by atoms with van der Waals surface area (Å²) in [7, 11) is 0. The van der Waals surface area contributed by atoms with Crippen molar-refractivity contribution in [2.75, 3.05) is 0 Å². The molecular weight excluding hydrogens is 649 g/mol. The zero-order valence-corrected chi connectivity index (χ0v) is 30.1. The second kappa shape index (κ2) is 11.9. The van der Waals surface area contributed by atoms with Gasteiger partial charge in [0.05, 0.1) is 0 Å². The number of rotatable bonds is 4. The van der Waals surface area contributed by atoms with E-state index in [0.29, 0.717) is 0 Å². The molecule has 0 aliphatic heterocycles. The van der Waals surface area contributed by atoms with Crippen molar-refractivity contribution in [2.45, 2.75) is 12.3 Å². The Morgan fingerprint density at radius 1 is 0.315 bits per heavy atom. The third-order valence-electron chi connectivity index (χ3n) is 12.1. The molecule has 1 atom stereocenters. The molecule has 0 bridgehead atoms. The van der Waals surface area contributed by atoms with E-state index < -0.39 is 0 Å². The van der Waals surface area contributed by atoms with E-state index in [0.717, 1.165) is 0 Å². The van der Waals surface area contributed by atoms with Crippen LogP contribution >= 0.6 is 0 Å². The summed E-state index contributed by atoms with van der Waals surface area (Å²) >= 11 is 0. The number of hydrogen-bond donors (Lipinski definition) is 0. The van der Waals surface area contributed by atoms with Gasteiger partial charge in [0, 0.05) is 5.41 Å². The molecule has 11 rings (SSSR count). The van der Waals surface area contributed by atoms with Gasteiger partial charge >= 0.3 is 0 Å². The first-order chi connectivity index (χ1) is 26.7. The Kier molecular flexibility index (Phi) is 6.78. The van der Waals surface area contributed by atoms with Crippen LogP contribution in [0.1, 0.15) is 23.6 Å². The van der Waals surface area contributed by atoms with Crippen molar-refractivity contribution in [1.82, 2.24) is 0 Å². The van der Waals surface area contributed by atoms with Crippen LogP contribution in [0, 0.1) is 0 Å². The third kappa shape index (κ3) is 4.44. The van der Waals surface area contributed by atoms with Gasteiger partial charge in [-0.3, -0.25) is 0 Å². The molecule has 0 aromatic heterocycles. The van der Waals surface area contributed by atoms with Gasteiger partial charge in [-0.15, -0.1) is 0 Å². The normalized spacial score (nSPS) is 14.8. The Balaban J connectivity index is 1.22. The van der Waals surface area contributed by atoms with Crippen LogP contribution in [0.2, 0.25) is 0 Å². The van der Waals surface area contributed by atoms with Crippen molar-refractivity contribution in [2.24, 2.45) is 0 Å². The molecule has 0 N–H and O–H groups in total. The smallest absolute Gasteiger partial charge is 0.0435 e. The molecule has 54 heavy (non-hydrogen) atoms. The molecule has 10 aromatic rings. The van der Waals surface area contributed by atoms with Gasteiger partial charge < -0.3 is 0 Å². The highest BCUT2D eigenvalue weighted by Crippen LogP contribution is 2.54. The fourth-order valence-electron chi connectivity index (χ4n) is 9.58. The van der Waals surface area contributed by atoms with Crippen LogP contribution in [-0.2, 0) is 5.41 Å². The molecule has 1 aliphatic carbocycles. The van der Waals surface area contributed by atoms with Crippen molar-refractivity contribution in [3.05, 3.63) is 217 Å². The molecule has 0 radical (unpaired) electrons. The van der Waals surface area contributed by atoms with E-state index in [9.17, 15) is 0 Å². The van der Waals surface area contributed by atoms with Crippen molar-refractivity contribution < 1.29 is 0 Å². The van der Waals surface area contributed by atoms with Crippen LogP contribution in [0.25, 0.3) is 87.6 Å². The van der Waals surface area contributed by atoms with Gasteiger partial charge in [0.1, 0.15) is 0 Å². The molecule has 0 fully saturated rings. The SMILES string of the molecule is CC1(c2ccccc2)c2ccccc2-c2cc3ccc(-c4c5ccccc5c(-c5ccccc5-c5ccccc5)c5c4ccc4ccccc45)cc3cc21. The Morgan fingerprint density at radius 3 is 1.72 bits per heavy atom. The number of hydrogen-bond acceptors (Lipinski definition) is 0. The first kappa shape index (κ1) is 30.8. The molecular formula is C54H36. The zero-order chi connectivity index (χ0) is 35.8. The lowest BCUT2D eigenvalue weighted by molar-refractivity contribution is 0.715. The quantitative estimate of drug-likeness (QED) is 0.128. The van der Waals surface area contributed by atoms with Crippen LogP contribution in [0.3, 0.4) is 0 Å². The minimum Gasteiger partial charge on any atom is -0.0622 e. The van der Waals surface area contributed by atoms with E-state index in [1.54, 1.807) is 0 Å². The Morgan fingerprint density at radius 2 is 0.926 bits per heavy atom. The monoisotopic (exact) mass is 684 g/mol. The molecule has 0 saturated carbocycles. The summed E-state index contributed by atoms with van der Waals surface area (Å²) in [6.07, 6.45) is 0. The fourth-order valence-corrected chi connectivity index (χ4v) is 9.58. The molecule has 0 heterocycles. The maximum atomic E-state index is 2.48. The van der Waals surface area contributed by atoms with Crippen molar-refractivity contribution in [3.8, 4) is 44.5 Å². The van der Waals surface area contributed by atoms with Gasteiger partial charge in [0.15, 0.2) is 0 Å². The second-order valence-electron chi connectivity index (χ2n) is 14.9. The van der Waals surface area contributed by atoms with Gasteiger partial charge in [-0.25, -0.2) is 0 Å². The predicted octanol–water partition coefficient (Wildman–Crippen LogP) is 14.6. The van der Waals surface area contributed by atoms with Gasteiger partial charge in [0.25, 0.3) is 0 Å². The van der Waals surface area contributed by atoms with Crippen molar-refractivity contribution in [3.63, 3.8) is 0 Å². The Labute approximate surface area is 315 Å². The Bertz CT molecular complexity index is 3100. The molecule has 0 amide bonds. The molecule has 0 nitrogen and oxygen atoms in total. The highest BCUT2D eigenvalue weighted by atomic mass is 14.4. The average molecular weight is 685 g/mol. The van der Waals surface area contributed by atoms with E-state index in [2.05, 4.69) is 207 Å². The molecule has 252 valence electrons. The van der Waals surface area contributed by atoms with Crippen molar-refractivity contribution in [1.29, 1.82) is 0 Å². The maximum Gasteiger partial charge on any atom is 0.0435 e. The summed E-state index contributed by atoms with van der Waals surface area (Å²) in [6.45, 7) is 2.40. The summed E-state index contributed by atoms with van der Waals surface area (Å²) in [6, 6.07) is 74.4. The average Bonchev–Trinajstić information content (AvgIpc) is 3.49. The highest BCUT2D eigenvalue weighted by molar-refractivity contribution is 6.28. The standard InChI is InChI=1S/C54H36/c1-54(40-19-6-3-7-20-40)49-27-15-14-23-43(49)48-33-37-28-29-38(32-39(37)34-50(48)54)51-45-25-12-13-26-46(45)53(52-42-22-9-8-18-36(42)30-31-47(51)52)44-24-11-10-21-41(44)35-16-4-2-5-17-35/h2-34H,1H3. The molecule has 1 unspecified atom stereocenters. The molecule has 1 aliphatic rings. The first-order valence-corrected chi connectivity index (χ1v) is 18.9. The van der Waals surface area contributed by atoms with Crippen LogP contribution in [0.4, 0.5) is 0 Å². The zero-order valence-electron chi connectivity index (χ0n) is 30.1. The van der Waals surface area contributed by atoms with Crippen LogP contribution in [0.5, 0.6) is 0 Å². The molecule has 0 spiro atoms. The van der Waals surface area contributed by atoms with E-state index in [1.807, 2.05) is 0 Å². The van der Waals surface area contributed by atoms with Gasteiger partial charge in [-0.05, 0) is 129 Å². The van der Waals surface area contributed by atoms with Crippen LogP contribution in [-0.4, -0.2) is 0 Å². The first-order valence-electron chi connectivity index (χ1n) is 18.9. The summed E-state index contributed by atoms with van der Waals surface area (Å²) < 4.78 is 0. The van der Waals surface area contributed by atoms with Gasteiger partial charge in [0.2, 0.25) is 0 Å². The van der Waals surface area contributed by atoms with Crippen LogP contribution < -0.4 is 0 Å². The number of benzene rings is 10. The minimum atomic E-state index is -0.247. The maximum absolute atomic E-state index is 2.48. The minimum absolute atomic E-state index is 0.247. The topological polar surface area (TPSA) is 0 Å². The lowest BCUT2D eigenvalue weighted by Crippen LogP contribution is -2.22. The van der Waals surface area contributed by atoms with Crippen molar-refractivity contribution >= 4 is 43.1 Å². The van der Waals surface area contributed by atoms with Gasteiger partial charge in [-0.2, -0.15) is 0 Å². The number of fused-ring (bicyclic) bond motifs is 8. The molecule has 10 aromatic carbocycles. The largest absolute Gasteiger partial charge is 0.0622 e. The summed E-state index contributed by atoms with van der Waals surface area (Å²) in [4.78, 5) is 0. The summed E-state index contributed by atoms with van der Waals surface area (Å²) in [5, 5.41) is 10.1. The predicted molar refractivity (Wildman–Crippen MR) is 230 cm³/mol. The van der Waals surface area contributed by atoms with E-state index in [-0.39, 0.29) is 5.41 Å². The molecule has 0 saturated heterocycles. The molecule has 0 heteroatoms. The fraction of sp³-hybridized carbons (Fsp3) is 0.0370. The Hall–Kier alpha value is -6.76. The second-order valence-corrected chi connectivity index (χ2v) is 14.9. The van der Waals surface area contributed by atoms with E-state index >= 15 is 0 Å². The van der Waals surface area contributed by atoms with Crippen LogP contribution in [0.15, 0.2) is 200 Å². The van der Waals surface area contributed by atoms with E-state index in [4.69, 9.17) is 0 Å². The third-order valence-corrected chi connectivity index (χ3v) is 12.1. The van der Waals surface area contributed by atoms with E-state index in [1.165, 1.54) is 104 Å². The summed E-state index contributed by atoms with van der Waals surface area (Å²) in [5.41, 5.74) is 14.0. The summed E-state index contributed by atoms with van der Waals surface area (Å²) in [5.74, 6) is 0. The highest BCUT2D eigenvalue weighted by Gasteiger charge is 2.40.